The van der Waals surface area contributed by atoms with Crippen LogP contribution in [0.5, 0.6) is 0 Å². The third-order valence-electron chi connectivity index (χ3n) is 9.12. The normalized spacial score (nSPS) is 13.5. The van der Waals surface area contributed by atoms with Gasteiger partial charge in [0.1, 0.15) is 0 Å². The summed E-state index contributed by atoms with van der Waals surface area (Å²) >= 11 is 0. The zero-order valence-corrected chi connectivity index (χ0v) is 32.0. The summed E-state index contributed by atoms with van der Waals surface area (Å²) < 4.78 is 118. The topological polar surface area (TPSA) is 9.23 Å². The maximum absolute atomic E-state index is 12.0. The maximum Gasteiger partial charge on any atom is 0.462 e. The summed E-state index contributed by atoms with van der Waals surface area (Å²) in [6, 6.07) is 0. The van der Waals surface area contributed by atoms with E-state index in [-0.39, 0.29) is 0 Å². The molecule has 0 aliphatic rings. The number of hydrogen-bond donors (Lipinski definition) is 0. The van der Waals surface area contributed by atoms with Crippen LogP contribution in [0.15, 0.2) is 0 Å². The molecule has 0 radical (unpaired) electrons. The number of ether oxygens (including phenoxy) is 1. The largest absolute Gasteiger partial charge is 0.462 e. The van der Waals surface area contributed by atoms with Crippen LogP contribution in [-0.2, 0) is 4.74 Å². The van der Waals surface area contributed by atoms with Crippen molar-refractivity contribution in [3.05, 3.63) is 0 Å². The highest BCUT2D eigenvalue weighted by Crippen LogP contribution is 2.61. The summed E-state index contributed by atoms with van der Waals surface area (Å²) in [6.45, 7) is 9.41. The van der Waals surface area contributed by atoms with Crippen molar-refractivity contribution >= 4 is 7.26 Å². The first-order chi connectivity index (χ1) is 23.1. The molecular formula is C37H70F10OP+. The van der Waals surface area contributed by atoms with E-state index in [1.165, 1.54) is 128 Å². The van der Waals surface area contributed by atoms with Gasteiger partial charge in [0, 0.05) is 7.26 Å². The fraction of sp³-hybridized carbons (Fsp3) is 1.00. The smallest absolute Gasteiger partial charge is 0.275 e. The van der Waals surface area contributed by atoms with Crippen molar-refractivity contribution in [2.45, 2.75) is 213 Å². The minimum absolute atomic E-state index is 0.697. The Morgan fingerprint density at radius 2 is 0.653 bits per heavy atom. The molecule has 0 fully saturated rings. The van der Waals surface area contributed by atoms with Gasteiger partial charge in [0.2, 0.25) is 0 Å². The molecule has 0 aliphatic heterocycles. The molecule has 0 saturated carbocycles. The number of alkyl halides is 10. The molecule has 0 N–H and O–H groups in total. The zero-order chi connectivity index (χ0) is 37.7. The lowest BCUT2D eigenvalue weighted by molar-refractivity contribution is -0.444. The fourth-order valence-corrected chi connectivity index (χ4v) is 10.9. The van der Waals surface area contributed by atoms with Gasteiger partial charge < -0.3 is 0 Å². The molecule has 0 bridgehead atoms. The minimum Gasteiger partial charge on any atom is -0.275 e. The van der Waals surface area contributed by atoms with Crippen LogP contribution in [0.4, 0.5) is 43.9 Å². The Balaban J connectivity index is 0. The third kappa shape index (κ3) is 25.3. The molecular weight excluding hydrogens is 681 g/mol. The van der Waals surface area contributed by atoms with Crippen LogP contribution in [0.3, 0.4) is 0 Å². The summed E-state index contributed by atoms with van der Waals surface area (Å²) in [7, 11) is -0.697. The third-order valence-corrected chi connectivity index (χ3v) is 14.2. The lowest BCUT2D eigenvalue weighted by Crippen LogP contribution is -2.54. The first-order valence-electron chi connectivity index (χ1n) is 19.3. The van der Waals surface area contributed by atoms with Gasteiger partial charge in [0.15, 0.2) is 0 Å². The Morgan fingerprint density at radius 1 is 0.408 bits per heavy atom. The summed E-state index contributed by atoms with van der Waals surface area (Å²) in [4.78, 5) is 0. The van der Waals surface area contributed by atoms with Crippen molar-refractivity contribution in [3.8, 4) is 0 Å². The predicted molar refractivity (Wildman–Crippen MR) is 188 cm³/mol. The van der Waals surface area contributed by atoms with Gasteiger partial charge in [0.05, 0.1) is 24.6 Å². The molecule has 0 amide bonds. The molecule has 0 rings (SSSR count). The van der Waals surface area contributed by atoms with E-state index in [1.807, 2.05) is 0 Å². The summed E-state index contributed by atoms with van der Waals surface area (Å²) in [5.74, 6) is -6.78. The van der Waals surface area contributed by atoms with Crippen LogP contribution in [0.2, 0.25) is 0 Å². The molecule has 49 heavy (non-hydrogen) atoms. The lowest BCUT2D eigenvalue weighted by Gasteiger charge is -2.28. The maximum atomic E-state index is 12.0. The van der Waals surface area contributed by atoms with Crippen molar-refractivity contribution in [1.82, 2.24) is 0 Å². The van der Waals surface area contributed by atoms with Crippen LogP contribution < -0.4 is 0 Å². The van der Waals surface area contributed by atoms with Gasteiger partial charge >= 0.3 is 18.2 Å². The fourth-order valence-electron chi connectivity index (χ4n) is 6.01. The van der Waals surface area contributed by atoms with Crippen LogP contribution in [-0.4, -0.2) is 55.6 Å². The Bertz CT molecular complexity index is 691. The van der Waals surface area contributed by atoms with Crippen LogP contribution in [0, 0.1) is 0 Å². The molecule has 12 heteroatoms. The summed E-state index contributed by atoms with van der Waals surface area (Å²) in [5.41, 5.74) is 0. The van der Waals surface area contributed by atoms with Crippen molar-refractivity contribution in [2.24, 2.45) is 0 Å². The van der Waals surface area contributed by atoms with Gasteiger partial charge in [-0.2, -0.15) is 30.7 Å². The van der Waals surface area contributed by atoms with E-state index in [0.29, 0.717) is 0 Å². The molecule has 0 aromatic rings. The number of halogens is 10. The van der Waals surface area contributed by atoms with Gasteiger partial charge in [-0.25, -0.2) is 13.2 Å². The predicted octanol–water partition coefficient (Wildman–Crippen LogP) is 15.8. The first-order valence-corrected chi connectivity index (χ1v) is 21.9. The van der Waals surface area contributed by atoms with Gasteiger partial charge in [0.25, 0.3) is 12.8 Å². The number of hydrogen-bond acceptors (Lipinski definition) is 1. The van der Waals surface area contributed by atoms with Gasteiger partial charge in [-0.3, -0.25) is 4.74 Å². The van der Waals surface area contributed by atoms with E-state index in [2.05, 4.69) is 32.4 Å². The molecule has 0 spiro atoms. The quantitative estimate of drug-likeness (QED) is 0.0378. The van der Waals surface area contributed by atoms with Crippen LogP contribution >= 0.6 is 7.26 Å². The first kappa shape index (κ1) is 50.8. The van der Waals surface area contributed by atoms with Gasteiger partial charge in [-0.15, -0.1) is 0 Å². The van der Waals surface area contributed by atoms with E-state index in [1.54, 1.807) is 50.3 Å². The number of rotatable bonds is 32. The van der Waals surface area contributed by atoms with E-state index in [9.17, 15) is 43.9 Å². The van der Waals surface area contributed by atoms with E-state index < -0.39 is 38.3 Å². The average Bonchev–Trinajstić information content (AvgIpc) is 3.03. The Morgan fingerprint density at radius 3 is 0.898 bits per heavy atom. The van der Waals surface area contributed by atoms with E-state index in [0.717, 1.165) is 0 Å². The molecule has 1 unspecified atom stereocenters. The molecule has 298 valence electrons. The molecule has 0 aromatic carbocycles. The van der Waals surface area contributed by atoms with E-state index in [4.69, 9.17) is 0 Å². The molecule has 0 heterocycles. The van der Waals surface area contributed by atoms with Gasteiger partial charge in [-0.1, -0.05) is 130 Å². The van der Waals surface area contributed by atoms with Crippen molar-refractivity contribution in [2.75, 3.05) is 24.6 Å². The second-order valence-electron chi connectivity index (χ2n) is 13.7. The monoisotopic (exact) mass is 751 g/mol. The molecule has 0 aromatic heterocycles. The molecule has 0 aliphatic carbocycles. The molecule has 0 saturated heterocycles. The molecule has 1 nitrogen and oxygen atoms in total. The summed E-state index contributed by atoms with van der Waals surface area (Å²) in [5, 5.41) is 0. The summed E-state index contributed by atoms with van der Waals surface area (Å²) in [6.07, 6.45) is 20.4. The lowest BCUT2D eigenvalue weighted by atomic mass is 10.1. The van der Waals surface area contributed by atoms with Gasteiger partial charge in [-0.05, 0) is 51.4 Å². The highest BCUT2D eigenvalue weighted by molar-refractivity contribution is 7.75. The van der Waals surface area contributed by atoms with Crippen molar-refractivity contribution in [1.29, 1.82) is 0 Å². The average molecular weight is 752 g/mol. The molecule has 1 atom stereocenters. The highest BCUT2D eigenvalue weighted by Gasteiger charge is 2.75. The second kappa shape index (κ2) is 30.2. The Kier molecular flexibility index (Phi) is 31.3. The standard InChI is InChI=1S/C32H68P.C5H2F10O/c1-5-9-13-17-18-19-20-21-22-23-24-28-32-33(29-25-14-10-6-2,30-26-15-11-7-3)31-27-16-12-8-4;6-1(7)2(8)16-5(14,15)3(9,10)4(11,12)13/h5-32H2,1-4H3;1-2H/q+1;. The minimum atomic E-state index is -6.78. The highest BCUT2D eigenvalue weighted by atomic mass is 31.2. The van der Waals surface area contributed by atoms with Crippen molar-refractivity contribution < 1.29 is 48.6 Å². The SMILES string of the molecule is CCCCCCCCCCCCCC[P+](CCCCCC)(CCCCCC)CCCCCC.FC(F)C(F)OC(F)(F)C(F)(F)C(F)(F)F. The van der Waals surface area contributed by atoms with Crippen LogP contribution in [0.1, 0.15) is 182 Å². The zero-order valence-electron chi connectivity index (χ0n) is 31.1. The van der Waals surface area contributed by atoms with Crippen molar-refractivity contribution in [3.63, 3.8) is 0 Å². The Hall–Kier alpha value is -0.310. The Labute approximate surface area is 293 Å². The number of unbranched alkanes of at least 4 members (excludes halogenated alkanes) is 20. The van der Waals surface area contributed by atoms with E-state index >= 15 is 0 Å². The second-order valence-corrected chi connectivity index (χ2v) is 18.2. The van der Waals surface area contributed by atoms with Crippen LogP contribution in [0.25, 0.3) is 0 Å².